The van der Waals surface area contributed by atoms with Crippen LogP contribution in [0.5, 0.6) is 0 Å². The highest BCUT2D eigenvalue weighted by molar-refractivity contribution is 5.95. The Morgan fingerprint density at radius 2 is 1.79 bits per heavy atom. The molecule has 0 saturated heterocycles. The Morgan fingerprint density at radius 3 is 2.44 bits per heavy atom. The molecule has 0 aliphatic heterocycles. The zero-order chi connectivity index (χ0) is 24.1. The van der Waals surface area contributed by atoms with Gasteiger partial charge in [0.25, 0.3) is 0 Å². The van der Waals surface area contributed by atoms with Gasteiger partial charge in [-0.05, 0) is 60.1 Å². The summed E-state index contributed by atoms with van der Waals surface area (Å²) in [6.07, 6.45) is 8.89. The quantitative estimate of drug-likeness (QED) is 0.433. The topological polar surface area (TPSA) is 83.9 Å². The minimum absolute atomic E-state index is 0.0186. The average Bonchev–Trinajstić information content (AvgIpc) is 3.68. The number of methoxy groups -OCH3 is 1. The number of ether oxygens (including phenoxy) is 1. The van der Waals surface area contributed by atoms with Gasteiger partial charge in [-0.3, -0.25) is 9.59 Å². The van der Waals surface area contributed by atoms with Crippen LogP contribution in [0.4, 0.5) is 5.69 Å². The van der Waals surface area contributed by atoms with Crippen molar-refractivity contribution in [2.75, 3.05) is 12.0 Å². The molecule has 0 heterocycles. The zero-order valence-electron chi connectivity index (χ0n) is 19.5. The summed E-state index contributed by atoms with van der Waals surface area (Å²) < 4.78 is 4.67. The Bertz CT molecular complexity index is 1070. The van der Waals surface area contributed by atoms with E-state index in [0.29, 0.717) is 13.0 Å². The third-order valence-corrected chi connectivity index (χ3v) is 6.87. The van der Waals surface area contributed by atoms with E-state index in [1.54, 1.807) is 6.08 Å². The van der Waals surface area contributed by atoms with E-state index >= 15 is 0 Å². The van der Waals surface area contributed by atoms with Crippen LogP contribution in [0, 0.1) is 11.8 Å². The molecule has 2 fully saturated rings. The number of carbonyl (C=O) groups excluding carboxylic acids is 2. The zero-order valence-corrected chi connectivity index (χ0v) is 19.5. The number of aliphatic carboxylic acids is 1. The van der Waals surface area contributed by atoms with Gasteiger partial charge in [0.05, 0.1) is 19.6 Å². The Kier molecular flexibility index (Phi) is 7.46. The van der Waals surface area contributed by atoms with Gasteiger partial charge < -0.3 is 14.7 Å². The molecule has 2 aromatic carbocycles. The molecule has 0 aromatic heterocycles. The summed E-state index contributed by atoms with van der Waals surface area (Å²) in [6, 6.07) is 15.6. The molecule has 34 heavy (non-hydrogen) atoms. The lowest BCUT2D eigenvalue weighted by Gasteiger charge is -2.30. The lowest BCUT2D eigenvalue weighted by molar-refractivity contribution is -0.138. The second kappa shape index (κ2) is 10.7. The van der Waals surface area contributed by atoms with Crippen molar-refractivity contribution in [3.63, 3.8) is 0 Å². The van der Waals surface area contributed by atoms with E-state index < -0.39 is 11.9 Å². The fourth-order valence-electron chi connectivity index (χ4n) is 4.78. The molecule has 6 nitrogen and oxygen atoms in total. The van der Waals surface area contributed by atoms with Crippen molar-refractivity contribution >= 4 is 29.6 Å². The molecule has 0 spiro atoms. The fraction of sp³-hybridized carbons (Fsp3) is 0.393. The molecule has 0 radical (unpaired) electrons. The minimum Gasteiger partial charge on any atom is -0.481 e. The Labute approximate surface area is 200 Å². The lowest BCUT2D eigenvalue weighted by Crippen LogP contribution is -2.36. The Balaban J connectivity index is 1.56. The maximum atomic E-state index is 13.6. The number of rotatable bonds is 8. The first-order valence-electron chi connectivity index (χ1n) is 12.0. The summed E-state index contributed by atoms with van der Waals surface area (Å²) in [5.74, 6) is -1.21. The van der Waals surface area contributed by atoms with Crippen LogP contribution in [0.3, 0.4) is 0 Å². The first kappa shape index (κ1) is 23.7. The van der Waals surface area contributed by atoms with E-state index in [2.05, 4.69) is 4.74 Å². The maximum absolute atomic E-state index is 13.6. The minimum atomic E-state index is -0.737. The van der Waals surface area contributed by atoms with Gasteiger partial charge in [-0.25, -0.2) is 4.79 Å². The lowest BCUT2D eigenvalue weighted by atomic mass is 9.88. The molecule has 0 bridgehead atoms. The van der Waals surface area contributed by atoms with Crippen LogP contribution in [0.25, 0.3) is 6.08 Å². The first-order chi connectivity index (χ1) is 16.5. The van der Waals surface area contributed by atoms with Crippen molar-refractivity contribution in [3.8, 4) is 0 Å². The average molecular weight is 462 g/mol. The molecule has 2 atom stereocenters. The predicted octanol–water partition coefficient (Wildman–Crippen LogP) is 5.17. The first-order valence-corrected chi connectivity index (χ1v) is 12.0. The molecule has 6 heteroatoms. The monoisotopic (exact) mass is 461 g/mol. The summed E-state index contributed by atoms with van der Waals surface area (Å²) in [6.45, 7) is 0.437. The largest absolute Gasteiger partial charge is 0.481 e. The summed E-state index contributed by atoms with van der Waals surface area (Å²) in [7, 11) is 1.34. The molecule has 2 aliphatic carbocycles. The fourth-order valence-corrected chi connectivity index (χ4v) is 4.78. The van der Waals surface area contributed by atoms with Crippen LogP contribution in [-0.4, -0.2) is 30.1 Å². The van der Waals surface area contributed by atoms with Crippen LogP contribution in [-0.2, 0) is 25.7 Å². The molecule has 2 aromatic rings. The standard InChI is InChI=1S/C28H31NO5/c1-34-26(30)15-12-19-6-5-9-23(16-19)29(27(31)22-7-3-2-4-8-22)18-20-10-13-21(14-11-20)24-17-25(24)28(32)33/h5-6,9-16,22,24-25H,2-4,7-8,17-18H2,1H3,(H,32,33)/b15-12+. The smallest absolute Gasteiger partial charge is 0.330 e. The second-order valence-corrected chi connectivity index (χ2v) is 9.24. The summed E-state index contributed by atoms with van der Waals surface area (Å²) in [5.41, 5.74) is 3.64. The number of anilines is 1. The van der Waals surface area contributed by atoms with Crippen molar-refractivity contribution in [2.24, 2.45) is 11.8 Å². The second-order valence-electron chi connectivity index (χ2n) is 9.24. The number of hydrogen-bond donors (Lipinski definition) is 1. The highest BCUT2D eigenvalue weighted by atomic mass is 16.5. The van der Waals surface area contributed by atoms with E-state index in [0.717, 1.165) is 48.1 Å². The molecule has 1 N–H and O–H groups in total. The van der Waals surface area contributed by atoms with E-state index in [9.17, 15) is 19.5 Å². The number of amides is 1. The summed E-state index contributed by atoms with van der Waals surface area (Å²) in [4.78, 5) is 38.1. The van der Waals surface area contributed by atoms with Crippen LogP contribution in [0.1, 0.15) is 61.1 Å². The number of carboxylic acid groups (broad SMARTS) is 1. The third kappa shape index (κ3) is 5.74. The van der Waals surface area contributed by atoms with Crippen molar-refractivity contribution in [1.29, 1.82) is 0 Å². The van der Waals surface area contributed by atoms with Gasteiger partial charge in [-0.2, -0.15) is 0 Å². The number of nitrogens with zero attached hydrogens (tertiary/aromatic N) is 1. The molecule has 2 aliphatic rings. The van der Waals surface area contributed by atoms with Gasteiger partial charge in [-0.1, -0.05) is 55.7 Å². The van der Waals surface area contributed by atoms with Crippen molar-refractivity contribution in [3.05, 3.63) is 71.3 Å². The summed E-state index contributed by atoms with van der Waals surface area (Å²) >= 11 is 0. The number of carbonyl (C=O) groups is 3. The number of esters is 1. The van der Waals surface area contributed by atoms with Gasteiger partial charge in [0.15, 0.2) is 0 Å². The van der Waals surface area contributed by atoms with Crippen molar-refractivity contribution in [1.82, 2.24) is 0 Å². The Morgan fingerprint density at radius 1 is 1.06 bits per heavy atom. The van der Waals surface area contributed by atoms with Crippen molar-refractivity contribution < 1.29 is 24.2 Å². The highest BCUT2D eigenvalue weighted by Crippen LogP contribution is 2.47. The molecular formula is C28H31NO5. The van der Waals surface area contributed by atoms with Crippen LogP contribution in [0.15, 0.2) is 54.6 Å². The number of hydrogen-bond acceptors (Lipinski definition) is 4. The van der Waals surface area contributed by atoms with E-state index in [1.807, 2.05) is 53.4 Å². The highest BCUT2D eigenvalue weighted by Gasteiger charge is 2.44. The van der Waals surface area contributed by atoms with E-state index in [4.69, 9.17) is 0 Å². The van der Waals surface area contributed by atoms with Gasteiger partial charge in [-0.15, -0.1) is 0 Å². The van der Waals surface area contributed by atoms with Crippen molar-refractivity contribution in [2.45, 2.75) is 51.0 Å². The summed E-state index contributed by atoms with van der Waals surface area (Å²) in [5, 5.41) is 9.20. The number of carboxylic acids is 1. The Hall–Kier alpha value is -3.41. The van der Waals surface area contributed by atoms with Gasteiger partial charge >= 0.3 is 11.9 Å². The molecule has 178 valence electrons. The van der Waals surface area contributed by atoms with Gasteiger partial charge in [0, 0.05) is 17.7 Å². The van der Waals surface area contributed by atoms with E-state index in [-0.39, 0.29) is 23.7 Å². The van der Waals surface area contributed by atoms with Gasteiger partial charge in [0.1, 0.15) is 0 Å². The normalized spacial score (nSPS) is 20.1. The third-order valence-electron chi connectivity index (χ3n) is 6.87. The van der Waals surface area contributed by atoms with Crippen LogP contribution < -0.4 is 4.90 Å². The molecule has 4 rings (SSSR count). The molecule has 1 amide bonds. The molecular weight excluding hydrogens is 430 g/mol. The molecule has 2 unspecified atom stereocenters. The molecule has 2 saturated carbocycles. The van der Waals surface area contributed by atoms with Crippen LogP contribution >= 0.6 is 0 Å². The van der Waals surface area contributed by atoms with Gasteiger partial charge in [0.2, 0.25) is 5.91 Å². The number of benzene rings is 2. The maximum Gasteiger partial charge on any atom is 0.330 e. The van der Waals surface area contributed by atoms with Crippen LogP contribution in [0.2, 0.25) is 0 Å². The van der Waals surface area contributed by atoms with E-state index in [1.165, 1.54) is 19.6 Å². The SMILES string of the molecule is COC(=O)/C=C/c1cccc(N(Cc2ccc(C3CC3C(=O)O)cc2)C(=O)C2CCCCC2)c1. The predicted molar refractivity (Wildman–Crippen MR) is 130 cm³/mol.